The smallest absolute Gasteiger partial charge is 0.109 e. The first kappa shape index (κ1) is 12.9. The van der Waals surface area contributed by atoms with Gasteiger partial charge in [0.2, 0.25) is 0 Å². The highest BCUT2D eigenvalue weighted by atomic mass is 14.9. The van der Waals surface area contributed by atoms with Gasteiger partial charge in [0.05, 0.1) is 0 Å². The van der Waals surface area contributed by atoms with E-state index in [0.29, 0.717) is 11.3 Å². The summed E-state index contributed by atoms with van der Waals surface area (Å²) in [4.78, 5) is 8.37. The standard InChI is InChI=1S/C17H27N3/c1-11(2-3-18)16-19-10-15(20-16)17-7-12-4-13(8-17)6-14(5-12)9-17/h10-14H,2-9,18H2,1H3,(H,19,20). The third kappa shape index (κ3) is 1.93. The molecule has 20 heavy (non-hydrogen) atoms. The van der Waals surface area contributed by atoms with Crippen LogP contribution < -0.4 is 5.73 Å². The molecule has 0 aromatic carbocycles. The van der Waals surface area contributed by atoms with Crippen LogP contribution in [0.3, 0.4) is 0 Å². The van der Waals surface area contributed by atoms with Crippen molar-refractivity contribution in [2.75, 3.05) is 6.54 Å². The monoisotopic (exact) mass is 273 g/mol. The minimum atomic E-state index is 0.447. The van der Waals surface area contributed by atoms with Crippen LogP contribution in [0.4, 0.5) is 0 Å². The van der Waals surface area contributed by atoms with Gasteiger partial charge in [-0.05, 0) is 69.2 Å². The van der Waals surface area contributed by atoms with Crippen molar-refractivity contribution in [2.45, 2.75) is 63.2 Å². The third-order valence-electron chi connectivity index (χ3n) is 6.27. The first-order valence-corrected chi connectivity index (χ1v) is 8.44. The Morgan fingerprint density at radius 3 is 2.40 bits per heavy atom. The SMILES string of the molecule is CC(CCN)c1ncc(C23CC4CC(CC(C4)C2)C3)[nH]1. The zero-order valence-electron chi connectivity index (χ0n) is 12.6. The minimum Gasteiger partial charge on any atom is -0.345 e. The predicted octanol–water partition coefficient (Wildman–Crippen LogP) is 3.33. The van der Waals surface area contributed by atoms with Crippen molar-refractivity contribution in [3.05, 3.63) is 17.7 Å². The summed E-state index contributed by atoms with van der Waals surface area (Å²) in [5.41, 5.74) is 7.57. The maximum atomic E-state index is 5.68. The molecule has 3 heteroatoms. The maximum absolute atomic E-state index is 5.68. The average molecular weight is 273 g/mol. The molecule has 1 aromatic rings. The van der Waals surface area contributed by atoms with E-state index in [1.54, 1.807) is 0 Å². The molecule has 0 aliphatic heterocycles. The molecule has 3 nitrogen and oxygen atoms in total. The van der Waals surface area contributed by atoms with Crippen LogP contribution in [0.1, 0.15) is 69.3 Å². The van der Waals surface area contributed by atoms with Crippen LogP contribution in [0.15, 0.2) is 6.20 Å². The van der Waals surface area contributed by atoms with Gasteiger partial charge in [-0.25, -0.2) is 4.98 Å². The largest absolute Gasteiger partial charge is 0.345 e. The molecule has 5 rings (SSSR count). The summed E-state index contributed by atoms with van der Waals surface area (Å²) < 4.78 is 0. The van der Waals surface area contributed by atoms with Gasteiger partial charge in [0.1, 0.15) is 5.82 Å². The molecule has 1 heterocycles. The fraction of sp³-hybridized carbons (Fsp3) is 0.824. The number of nitrogens with zero attached hydrogens (tertiary/aromatic N) is 1. The molecular formula is C17H27N3. The Labute approximate surface area is 121 Å². The van der Waals surface area contributed by atoms with Crippen molar-refractivity contribution in [3.63, 3.8) is 0 Å². The van der Waals surface area contributed by atoms with E-state index in [2.05, 4.69) is 23.1 Å². The zero-order valence-corrected chi connectivity index (χ0v) is 12.6. The van der Waals surface area contributed by atoms with E-state index >= 15 is 0 Å². The lowest BCUT2D eigenvalue weighted by Crippen LogP contribution is -2.48. The lowest BCUT2D eigenvalue weighted by molar-refractivity contribution is -0.00707. The highest BCUT2D eigenvalue weighted by Gasteiger charge is 2.52. The molecule has 110 valence electrons. The number of aromatic nitrogens is 2. The fourth-order valence-electron chi connectivity index (χ4n) is 5.68. The number of nitrogens with one attached hydrogen (secondary N) is 1. The molecule has 0 spiro atoms. The summed E-state index contributed by atoms with van der Waals surface area (Å²) in [5.74, 6) is 4.60. The van der Waals surface area contributed by atoms with E-state index in [1.807, 2.05) is 0 Å². The Bertz CT molecular complexity index is 455. The van der Waals surface area contributed by atoms with Crippen molar-refractivity contribution in [3.8, 4) is 0 Å². The first-order valence-electron chi connectivity index (χ1n) is 8.44. The maximum Gasteiger partial charge on any atom is 0.109 e. The Morgan fingerprint density at radius 1 is 1.25 bits per heavy atom. The van der Waals surface area contributed by atoms with E-state index < -0.39 is 0 Å². The summed E-state index contributed by atoms with van der Waals surface area (Å²) in [6.07, 6.45) is 11.9. The Kier molecular flexibility index (Phi) is 2.95. The van der Waals surface area contributed by atoms with Crippen molar-refractivity contribution < 1.29 is 0 Å². The number of imidazole rings is 1. The number of H-pyrrole nitrogens is 1. The predicted molar refractivity (Wildman–Crippen MR) is 80.5 cm³/mol. The fourth-order valence-corrected chi connectivity index (χ4v) is 5.68. The van der Waals surface area contributed by atoms with Gasteiger partial charge < -0.3 is 10.7 Å². The van der Waals surface area contributed by atoms with E-state index in [-0.39, 0.29) is 0 Å². The molecule has 4 fully saturated rings. The summed E-state index contributed by atoms with van der Waals surface area (Å²) in [5, 5.41) is 0. The molecule has 4 aliphatic carbocycles. The van der Waals surface area contributed by atoms with Gasteiger partial charge in [-0.2, -0.15) is 0 Å². The van der Waals surface area contributed by atoms with Gasteiger partial charge in [-0.15, -0.1) is 0 Å². The number of aromatic amines is 1. The Hall–Kier alpha value is -0.830. The van der Waals surface area contributed by atoms with E-state index in [4.69, 9.17) is 5.73 Å². The Morgan fingerprint density at radius 2 is 1.85 bits per heavy atom. The molecular weight excluding hydrogens is 246 g/mol. The van der Waals surface area contributed by atoms with Crippen LogP contribution in [-0.4, -0.2) is 16.5 Å². The summed E-state index contributed by atoms with van der Waals surface area (Å²) >= 11 is 0. The van der Waals surface area contributed by atoms with Crippen LogP contribution in [0.2, 0.25) is 0 Å². The van der Waals surface area contributed by atoms with Crippen LogP contribution in [-0.2, 0) is 5.41 Å². The van der Waals surface area contributed by atoms with E-state index in [9.17, 15) is 0 Å². The third-order valence-corrected chi connectivity index (χ3v) is 6.27. The second kappa shape index (κ2) is 4.59. The highest BCUT2D eigenvalue weighted by Crippen LogP contribution is 2.60. The van der Waals surface area contributed by atoms with Gasteiger partial charge in [0.25, 0.3) is 0 Å². The normalized spacial score (nSPS) is 40.2. The quantitative estimate of drug-likeness (QED) is 0.884. The van der Waals surface area contributed by atoms with Gasteiger partial charge in [0.15, 0.2) is 0 Å². The van der Waals surface area contributed by atoms with Gasteiger partial charge >= 0.3 is 0 Å². The average Bonchev–Trinajstić information content (AvgIpc) is 2.87. The van der Waals surface area contributed by atoms with Crippen molar-refractivity contribution in [1.29, 1.82) is 0 Å². The second-order valence-electron chi connectivity index (χ2n) is 7.86. The molecule has 4 bridgehead atoms. The molecule has 1 unspecified atom stereocenters. The minimum absolute atomic E-state index is 0.447. The number of nitrogens with two attached hydrogens (primary N) is 1. The van der Waals surface area contributed by atoms with Gasteiger partial charge in [-0.3, -0.25) is 0 Å². The summed E-state index contributed by atoms with van der Waals surface area (Å²) in [6, 6.07) is 0. The highest BCUT2D eigenvalue weighted by molar-refractivity contribution is 5.22. The molecule has 0 radical (unpaired) electrons. The second-order valence-corrected chi connectivity index (χ2v) is 7.86. The topological polar surface area (TPSA) is 54.7 Å². The van der Waals surface area contributed by atoms with E-state index in [1.165, 1.54) is 44.2 Å². The van der Waals surface area contributed by atoms with Crippen LogP contribution in [0.5, 0.6) is 0 Å². The molecule has 0 amide bonds. The Balaban J connectivity index is 1.61. The summed E-state index contributed by atoms with van der Waals surface area (Å²) in [7, 11) is 0. The molecule has 1 aromatic heterocycles. The molecule has 1 atom stereocenters. The van der Waals surface area contributed by atoms with Gasteiger partial charge in [-0.1, -0.05) is 6.92 Å². The number of rotatable bonds is 4. The summed E-state index contributed by atoms with van der Waals surface area (Å²) in [6.45, 7) is 2.98. The molecule has 4 saturated carbocycles. The van der Waals surface area contributed by atoms with Crippen LogP contribution in [0.25, 0.3) is 0 Å². The lowest BCUT2D eigenvalue weighted by Gasteiger charge is -2.56. The van der Waals surface area contributed by atoms with Crippen molar-refractivity contribution in [2.24, 2.45) is 23.5 Å². The lowest BCUT2D eigenvalue weighted by atomic mass is 9.49. The first-order chi connectivity index (χ1) is 9.68. The van der Waals surface area contributed by atoms with E-state index in [0.717, 1.165) is 36.5 Å². The zero-order chi connectivity index (χ0) is 13.7. The molecule has 0 saturated heterocycles. The van der Waals surface area contributed by atoms with Crippen LogP contribution >= 0.6 is 0 Å². The number of hydrogen-bond acceptors (Lipinski definition) is 2. The van der Waals surface area contributed by atoms with Crippen molar-refractivity contribution in [1.82, 2.24) is 9.97 Å². The van der Waals surface area contributed by atoms with Gasteiger partial charge in [0, 0.05) is 23.2 Å². The molecule has 4 aliphatic rings. The van der Waals surface area contributed by atoms with Crippen molar-refractivity contribution >= 4 is 0 Å². The number of hydrogen-bond donors (Lipinski definition) is 2. The molecule has 3 N–H and O–H groups in total. The van der Waals surface area contributed by atoms with Crippen LogP contribution in [0, 0.1) is 17.8 Å².